The first-order valence-corrected chi connectivity index (χ1v) is 9.01. The Morgan fingerprint density at radius 2 is 1.85 bits per heavy atom. The van der Waals surface area contributed by atoms with Crippen molar-refractivity contribution in [2.75, 3.05) is 13.7 Å². The number of fused-ring (bicyclic) bond motifs is 1. The van der Waals surface area contributed by atoms with E-state index in [0.29, 0.717) is 13.0 Å². The molecule has 1 heterocycles. The maximum absolute atomic E-state index is 13.0. The van der Waals surface area contributed by atoms with Gasteiger partial charge in [0.05, 0.1) is 18.9 Å². The summed E-state index contributed by atoms with van der Waals surface area (Å²) in [5.41, 5.74) is 0.942. The Morgan fingerprint density at radius 3 is 2.54 bits per heavy atom. The van der Waals surface area contributed by atoms with E-state index >= 15 is 0 Å². The number of rotatable bonds is 4. The lowest BCUT2D eigenvalue weighted by atomic mass is 9.90. The van der Waals surface area contributed by atoms with E-state index in [9.17, 15) is 14.7 Å². The van der Waals surface area contributed by atoms with Crippen LogP contribution in [0, 0.1) is 5.92 Å². The van der Waals surface area contributed by atoms with Crippen molar-refractivity contribution in [1.82, 2.24) is 4.90 Å². The number of aliphatic carboxylic acids is 1. The fourth-order valence-electron chi connectivity index (χ4n) is 3.65. The molecule has 1 fully saturated rings. The molecule has 5 heteroatoms. The summed E-state index contributed by atoms with van der Waals surface area (Å²) in [5, 5.41) is 11.4. The van der Waals surface area contributed by atoms with Crippen LogP contribution >= 0.6 is 0 Å². The van der Waals surface area contributed by atoms with Crippen LogP contribution < -0.4 is 4.74 Å². The minimum absolute atomic E-state index is 0.00342. The van der Waals surface area contributed by atoms with Gasteiger partial charge in [0.25, 0.3) is 0 Å². The third kappa shape index (κ3) is 3.52. The number of amides is 1. The van der Waals surface area contributed by atoms with Crippen molar-refractivity contribution < 1.29 is 19.4 Å². The highest BCUT2D eigenvalue weighted by molar-refractivity contribution is 5.88. The van der Waals surface area contributed by atoms with Gasteiger partial charge in [-0.15, -0.1) is 0 Å². The predicted molar refractivity (Wildman–Crippen MR) is 100 cm³/mol. The van der Waals surface area contributed by atoms with Crippen LogP contribution in [0.1, 0.15) is 38.2 Å². The maximum atomic E-state index is 13.0. The van der Waals surface area contributed by atoms with Crippen molar-refractivity contribution in [3.8, 4) is 5.75 Å². The molecule has 0 bridgehead atoms. The Kier molecular flexibility index (Phi) is 5.16. The molecule has 3 rings (SSSR count). The van der Waals surface area contributed by atoms with Crippen LogP contribution in [0.4, 0.5) is 0 Å². The fraction of sp³-hybridized carbons (Fsp3) is 0.429. The van der Waals surface area contributed by atoms with Crippen molar-refractivity contribution in [2.45, 2.75) is 38.6 Å². The number of carboxylic acids is 1. The lowest BCUT2D eigenvalue weighted by Crippen LogP contribution is -2.48. The molecule has 0 spiro atoms. The molecule has 2 aromatic rings. The van der Waals surface area contributed by atoms with Gasteiger partial charge in [-0.3, -0.25) is 9.59 Å². The zero-order valence-corrected chi connectivity index (χ0v) is 15.4. The van der Waals surface area contributed by atoms with Crippen molar-refractivity contribution in [2.24, 2.45) is 5.92 Å². The first kappa shape index (κ1) is 18.2. The molecule has 1 amide bonds. The number of carbonyl (C=O) groups excluding carboxylic acids is 1. The normalized spacial score (nSPS) is 21.4. The molecule has 0 aliphatic carbocycles. The van der Waals surface area contributed by atoms with Gasteiger partial charge in [0.1, 0.15) is 5.75 Å². The van der Waals surface area contributed by atoms with Crippen LogP contribution in [0.15, 0.2) is 36.4 Å². The third-order valence-corrected chi connectivity index (χ3v) is 5.46. The molecule has 1 aliphatic rings. The number of hydrogen-bond acceptors (Lipinski definition) is 3. The Labute approximate surface area is 153 Å². The summed E-state index contributed by atoms with van der Waals surface area (Å²) < 4.78 is 5.25. The molecular weight excluding hydrogens is 330 g/mol. The minimum Gasteiger partial charge on any atom is -0.497 e. The number of carbonyl (C=O) groups is 2. The van der Waals surface area contributed by atoms with E-state index in [-0.39, 0.29) is 17.9 Å². The maximum Gasteiger partial charge on any atom is 0.308 e. The van der Waals surface area contributed by atoms with Crippen molar-refractivity contribution >= 4 is 22.6 Å². The molecule has 2 aromatic carbocycles. The van der Waals surface area contributed by atoms with E-state index in [1.807, 2.05) is 50.2 Å². The van der Waals surface area contributed by atoms with Gasteiger partial charge >= 0.3 is 5.97 Å². The molecule has 138 valence electrons. The SMILES string of the molecule is COc1ccc2cc(C(C)C(=O)N3CC(C(=O)O)CCC3C)ccc2c1. The number of piperidine rings is 1. The van der Waals surface area contributed by atoms with Gasteiger partial charge in [-0.25, -0.2) is 0 Å². The second kappa shape index (κ2) is 7.36. The smallest absolute Gasteiger partial charge is 0.308 e. The molecule has 5 nitrogen and oxygen atoms in total. The lowest BCUT2D eigenvalue weighted by molar-refractivity contribution is -0.147. The highest BCUT2D eigenvalue weighted by Crippen LogP contribution is 2.29. The Balaban J connectivity index is 1.83. The number of carboxylic acid groups (broad SMARTS) is 1. The molecule has 0 aromatic heterocycles. The zero-order valence-electron chi connectivity index (χ0n) is 15.4. The molecule has 0 radical (unpaired) electrons. The third-order valence-electron chi connectivity index (χ3n) is 5.46. The highest BCUT2D eigenvalue weighted by Gasteiger charge is 2.34. The molecule has 0 saturated carbocycles. The number of benzene rings is 2. The molecule has 1 aliphatic heterocycles. The van der Waals surface area contributed by atoms with Gasteiger partial charge < -0.3 is 14.7 Å². The summed E-state index contributed by atoms with van der Waals surface area (Å²) in [6.07, 6.45) is 1.36. The second-order valence-corrected chi connectivity index (χ2v) is 7.15. The monoisotopic (exact) mass is 355 g/mol. The van der Waals surface area contributed by atoms with E-state index in [4.69, 9.17) is 4.74 Å². The second-order valence-electron chi connectivity index (χ2n) is 7.15. The minimum atomic E-state index is -0.818. The Morgan fingerprint density at radius 1 is 1.15 bits per heavy atom. The summed E-state index contributed by atoms with van der Waals surface area (Å²) >= 11 is 0. The van der Waals surface area contributed by atoms with Gasteiger partial charge in [-0.05, 0) is 55.2 Å². The van der Waals surface area contributed by atoms with Crippen LogP contribution in [0.2, 0.25) is 0 Å². The number of nitrogens with zero attached hydrogens (tertiary/aromatic N) is 1. The highest BCUT2D eigenvalue weighted by atomic mass is 16.5. The van der Waals surface area contributed by atoms with Crippen LogP contribution in [-0.4, -0.2) is 41.6 Å². The molecule has 3 atom stereocenters. The number of methoxy groups -OCH3 is 1. The van der Waals surface area contributed by atoms with Crippen molar-refractivity contribution in [3.63, 3.8) is 0 Å². The summed E-state index contributed by atoms with van der Waals surface area (Å²) in [6.45, 7) is 4.18. The van der Waals surface area contributed by atoms with Gasteiger partial charge in [0.15, 0.2) is 0 Å². The van der Waals surface area contributed by atoms with E-state index in [2.05, 4.69) is 0 Å². The predicted octanol–water partition coefficient (Wildman–Crippen LogP) is 3.66. The summed E-state index contributed by atoms with van der Waals surface area (Å²) in [4.78, 5) is 26.1. The van der Waals surface area contributed by atoms with Crippen molar-refractivity contribution in [1.29, 1.82) is 0 Å². The first-order valence-electron chi connectivity index (χ1n) is 9.01. The van der Waals surface area contributed by atoms with Crippen LogP contribution in [0.25, 0.3) is 10.8 Å². The topological polar surface area (TPSA) is 66.8 Å². The van der Waals surface area contributed by atoms with Crippen LogP contribution in [0.3, 0.4) is 0 Å². The van der Waals surface area contributed by atoms with E-state index in [0.717, 1.165) is 28.5 Å². The molecular formula is C21H25NO4. The molecule has 1 saturated heterocycles. The van der Waals surface area contributed by atoms with Gasteiger partial charge in [0, 0.05) is 12.6 Å². The van der Waals surface area contributed by atoms with E-state index < -0.39 is 11.9 Å². The summed E-state index contributed by atoms with van der Waals surface area (Å²) in [5.74, 6) is -0.794. The van der Waals surface area contributed by atoms with Gasteiger partial charge in [-0.1, -0.05) is 24.3 Å². The number of ether oxygens (including phenoxy) is 1. The average molecular weight is 355 g/mol. The average Bonchev–Trinajstić information content (AvgIpc) is 2.66. The molecule has 26 heavy (non-hydrogen) atoms. The van der Waals surface area contributed by atoms with Gasteiger partial charge in [-0.2, -0.15) is 0 Å². The molecule has 3 unspecified atom stereocenters. The van der Waals surface area contributed by atoms with Crippen molar-refractivity contribution in [3.05, 3.63) is 42.0 Å². The number of likely N-dealkylation sites (tertiary alicyclic amines) is 1. The quantitative estimate of drug-likeness (QED) is 0.909. The Hall–Kier alpha value is -2.56. The van der Waals surface area contributed by atoms with E-state index in [1.165, 1.54) is 0 Å². The van der Waals surface area contributed by atoms with Gasteiger partial charge in [0.2, 0.25) is 5.91 Å². The molecule has 1 N–H and O–H groups in total. The fourth-order valence-corrected chi connectivity index (χ4v) is 3.65. The lowest BCUT2D eigenvalue weighted by Gasteiger charge is -2.38. The standard InChI is InChI=1S/C21H25NO4/c1-13-4-5-18(21(24)25)12-22(13)20(23)14(2)15-6-7-17-11-19(26-3)9-8-16(17)10-15/h6-11,13-14,18H,4-5,12H2,1-3H3,(H,24,25). The largest absolute Gasteiger partial charge is 0.497 e. The summed E-state index contributed by atoms with van der Waals surface area (Å²) in [6, 6.07) is 11.9. The van der Waals surface area contributed by atoms with Crippen LogP contribution in [-0.2, 0) is 9.59 Å². The first-order chi connectivity index (χ1) is 12.4. The number of hydrogen-bond donors (Lipinski definition) is 1. The van der Waals surface area contributed by atoms with Crippen LogP contribution in [0.5, 0.6) is 5.75 Å². The Bertz CT molecular complexity index is 832. The summed E-state index contributed by atoms with van der Waals surface area (Å²) in [7, 11) is 1.64. The zero-order chi connectivity index (χ0) is 18.8. The van der Waals surface area contributed by atoms with E-state index in [1.54, 1.807) is 12.0 Å².